The van der Waals surface area contributed by atoms with E-state index in [1.807, 2.05) is 4.90 Å². The molecule has 3 N–H and O–H groups in total. The zero-order chi connectivity index (χ0) is 22.1. The number of ether oxygens (including phenoxy) is 1. The number of morpholine rings is 1. The summed E-state index contributed by atoms with van der Waals surface area (Å²) in [6.45, 7) is 4.24. The molecule has 9 nitrogen and oxygen atoms in total. The minimum Gasteiger partial charge on any atom is -0.378 e. The van der Waals surface area contributed by atoms with Gasteiger partial charge in [0.2, 0.25) is 0 Å². The van der Waals surface area contributed by atoms with Gasteiger partial charge in [-0.05, 0) is 42.9 Å². The summed E-state index contributed by atoms with van der Waals surface area (Å²) >= 11 is 1.36. The highest BCUT2D eigenvalue weighted by molar-refractivity contribution is 7.17. The van der Waals surface area contributed by atoms with Crippen molar-refractivity contribution in [3.63, 3.8) is 0 Å². The Balaban J connectivity index is 1.63. The van der Waals surface area contributed by atoms with E-state index >= 15 is 0 Å². The molecule has 0 saturated carbocycles. The third-order valence-electron chi connectivity index (χ3n) is 5.77. The number of carbonyl (C=O) groups excluding carboxylic acids is 2. The number of nitrogens with zero attached hydrogens (tertiary/aromatic N) is 2. The molecule has 2 aliphatic rings. The number of nitrogens with two attached hydrogens (primary N) is 1. The Kier molecular flexibility index (Phi) is 5.92. The van der Waals surface area contributed by atoms with E-state index in [-0.39, 0.29) is 11.3 Å². The van der Waals surface area contributed by atoms with Gasteiger partial charge in [0, 0.05) is 29.6 Å². The molecule has 1 aromatic carbocycles. The molecule has 1 fully saturated rings. The predicted octanol–water partition coefficient (Wildman–Crippen LogP) is 2.97. The van der Waals surface area contributed by atoms with Gasteiger partial charge in [0.25, 0.3) is 17.5 Å². The number of rotatable bonds is 5. The number of carbonyl (C=O) groups is 2. The number of nitrogens with one attached hydrogen (secondary N) is 1. The van der Waals surface area contributed by atoms with Crippen molar-refractivity contribution in [1.82, 2.24) is 0 Å². The lowest BCUT2D eigenvalue weighted by molar-refractivity contribution is -0.384. The van der Waals surface area contributed by atoms with Crippen LogP contribution in [0.15, 0.2) is 18.2 Å². The van der Waals surface area contributed by atoms with Gasteiger partial charge in [-0.15, -0.1) is 11.3 Å². The summed E-state index contributed by atoms with van der Waals surface area (Å²) in [6.07, 6.45) is 2.56. The Labute approximate surface area is 183 Å². The lowest BCUT2D eigenvalue weighted by Crippen LogP contribution is -2.36. The summed E-state index contributed by atoms with van der Waals surface area (Å²) in [4.78, 5) is 39.1. The van der Waals surface area contributed by atoms with E-state index in [2.05, 4.69) is 12.2 Å². The molecule has 0 radical (unpaired) electrons. The van der Waals surface area contributed by atoms with Crippen LogP contribution in [0.25, 0.3) is 0 Å². The average Bonchev–Trinajstić information content (AvgIpc) is 3.10. The molecule has 10 heteroatoms. The van der Waals surface area contributed by atoms with E-state index < -0.39 is 16.7 Å². The standard InChI is InChI=1S/C21H24N4O5S/c1-12-2-4-14-17(10-12)31-21(18(14)19(22)26)23-20(27)13-3-5-15(16(11-13)25(28)29)24-6-8-30-9-7-24/h3,5,11-12H,2,4,6-10H2,1H3,(H2,22,26)(H,23,27)/t12-/m1/s1. The molecule has 1 aromatic heterocycles. The number of hydrogen-bond acceptors (Lipinski definition) is 7. The number of nitro groups is 1. The molecule has 1 saturated heterocycles. The normalized spacial score (nSPS) is 18.4. The highest BCUT2D eigenvalue weighted by Crippen LogP contribution is 2.40. The molecule has 1 atom stereocenters. The van der Waals surface area contributed by atoms with Crippen molar-refractivity contribution in [1.29, 1.82) is 0 Å². The second-order valence-electron chi connectivity index (χ2n) is 7.93. The molecule has 1 aliphatic heterocycles. The number of hydrogen-bond donors (Lipinski definition) is 2. The maximum atomic E-state index is 12.9. The Morgan fingerprint density at radius 3 is 2.74 bits per heavy atom. The lowest BCUT2D eigenvalue weighted by atomic mass is 9.88. The van der Waals surface area contributed by atoms with Crippen molar-refractivity contribution in [3.8, 4) is 0 Å². The molecular formula is C21H24N4O5S. The van der Waals surface area contributed by atoms with Gasteiger partial charge in [0.05, 0.1) is 23.7 Å². The zero-order valence-corrected chi connectivity index (χ0v) is 18.0. The van der Waals surface area contributed by atoms with Crippen LogP contribution >= 0.6 is 11.3 Å². The van der Waals surface area contributed by atoms with Crippen molar-refractivity contribution >= 4 is 39.5 Å². The van der Waals surface area contributed by atoms with Gasteiger partial charge < -0.3 is 20.7 Å². The number of nitro benzene ring substituents is 1. The second-order valence-corrected chi connectivity index (χ2v) is 9.04. The topological polar surface area (TPSA) is 128 Å². The lowest BCUT2D eigenvalue weighted by Gasteiger charge is -2.28. The quantitative estimate of drug-likeness (QED) is 0.539. The van der Waals surface area contributed by atoms with Crippen LogP contribution in [-0.4, -0.2) is 43.0 Å². The largest absolute Gasteiger partial charge is 0.378 e. The van der Waals surface area contributed by atoms with Crippen LogP contribution in [0.2, 0.25) is 0 Å². The van der Waals surface area contributed by atoms with Gasteiger partial charge in [-0.1, -0.05) is 6.92 Å². The molecule has 0 spiro atoms. The minimum atomic E-state index is -0.573. The monoisotopic (exact) mass is 444 g/mol. The van der Waals surface area contributed by atoms with Gasteiger partial charge in [0.15, 0.2) is 0 Å². The number of benzene rings is 1. The maximum Gasteiger partial charge on any atom is 0.293 e. The molecule has 2 aromatic rings. The fraction of sp³-hybridized carbons (Fsp3) is 0.429. The number of anilines is 2. The van der Waals surface area contributed by atoms with Crippen LogP contribution < -0.4 is 16.0 Å². The molecule has 2 amide bonds. The van der Waals surface area contributed by atoms with Crippen LogP contribution in [0.5, 0.6) is 0 Å². The van der Waals surface area contributed by atoms with Crippen molar-refractivity contribution in [2.45, 2.75) is 26.2 Å². The van der Waals surface area contributed by atoms with Crippen LogP contribution in [0, 0.1) is 16.0 Å². The first-order valence-electron chi connectivity index (χ1n) is 10.2. The smallest absolute Gasteiger partial charge is 0.293 e. The summed E-state index contributed by atoms with van der Waals surface area (Å²) in [7, 11) is 0. The molecular weight excluding hydrogens is 420 g/mol. The predicted molar refractivity (Wildman–Crippen MR) is 118 cm³/mol. The van der Waals surface area contributed by atoms with Gasteiger partial charge >= 0.3 is 0 Å². The highest BCUT2D eigenvalue weighted by atomic mass is 32.1. The SMILES string of the molecule is C[C@@H]1CCc2c(sc(NC(=O)c3ccc(N4CCOCC4)c([N+](=O)[O-])c3)c2C(N)=O)C1. The summed E-state index contributed by atoms with van der Waals surface area (Å²) in [5.74, 6) is -0.576. The third kappa shape index (κ3) is 4.26. The van der Waals surface area contributed by atoms with Crippen molar-refractivity contribution in [2.24, 2.45) is 11.7 Å². The van der Waals surface area contributed by atoms with Crippen molar-refractivity contribution in [2.75, 3.05) is 36.5 Å². The molecule has 4 rings (SSSR count). The first-order chi connectivity index (χ1) is 14.8. The highest BCUT2D eigenvalue weighted by Gasteiger charge is 2.28. The zero-order valence-electron chi connectivity index (χ0n) is 17.2. The Morgan fingerprint density at radius 1 is 1.32 bits per heavy atom. The molecule has 0 unspecified atom stereocenters. The van der Waals surface area contributed by atoms with E-state index in [0.717, 1.165) is 29.7 Å². The van der Waals surface area contributed by atoms with E-state index in [0.29, 0.717) is 48.5 Å². The first-order valence-corrected chi connectivity index (χ1v) is 11.0. The Hall–Kier alpha value is -2.98. The van der Waals surface area contributed by atoms with Gasteiger partial charge in [-0.25, -0.2) is 0 Å². The summed E-state index contributed by atoms with van der Waals surface area (Å²) in [6, 6.07) is 4.43. The van der Waals surface area contributed by atoms with Crippen LogP contribution in [0.3, 0.4) is 0 Å². The summed E-state index contributed by atoms with van der Waals surface area (Å²) < 4.78 is 5.31. The molecule has 2 heterocycles. The fourth-order valence-electron chi connectivity index (χ4n) is 4.16. The van der Waals surface area contributed by atoms with E-state index in [1.54, 1.807) is 12.1 Å². The van der Waals surface area contributed by atoms with Crippen LogP contribution in [-0.2, 0) is 17.6 Å². The minimum absolute atomic E-state index is 0.135. The number of thiophene rings is 1. The molecule has 0 bridgehead atoms. The third-order valence-corrected chi connectivity index (χ3v) is 6.94. The van der Waals surface area contributed by atoms with E-state index in [1.165, 1.54) is 17.4 Å². The van der Waals surface area contributed by atoms with Crippen LogP contribution in [0.4, 0.5) is 16.4 Å². The number of amides is 2. The molecule has 31 heavy (non-hydrogen) atoms. The summed E-state index contributed by atoms with van der Waals surface area (Å²) in [5, 5.41) is 14.8. The first kappa shape index (κ1) is 21.3. The van der Waals surface area contributed by atoms with Crippen molar-refractivity contribution < 1.29 is 19.2 Å². The van der Waals surface area contributed by atoms with Crippen molar-refractivity contribution in [3.05, 3.63) is 49.9 Å². The Bertz CT molecular complexity index is 1040. The number of fused-ring (bicyclic) bond motifs is 1. The van der Waals surface area contributed by atoms with Gasteiger partial charge in [-0.3, -0.25) is 19.7 Å². The van der Waals surface area contributed by atoms with Gasteiger partial charge in [-0.2, -0.15) is 0 Å². The summed E-state index contributed by atoms with van der Waals surface area (Å²) in [5.41, 5.74) is 7.36. The second kappa shape index (κ2) is 8.64. The van der Waals surface area contributed by atoms with E-state index in [4.69, 9.17) is 10.5 Å². The van der Waals surface area contributed by atoms with E-state index in [9.17, 15) is 19.7 Å². The van der Waals surface area contributed by atoms with Crippen LogP contribution in [0.1, 0.15) is 44.5 Å². The molecule has 1 aliphatic carbocycles. The Morgan fingerprint density at radius 2 is 2.06 bits per heavy atom. The molecule has 164 valence electrons. The fourth-order valence-corrected chi connectivity index (χ4v) is 5.57. The maximum absolute atomic E-state index is 12.9. The average molecular weight is 445 g/mol. The van der Waals surface area contributed by atoms with Gasteiger partial charge in [0.1, 0.15) is 10.7 Å². The number of primary amides is 1.